The third-order valence-corrected chi connectivity index (χ3v) is 4.20. The van der Waals surface area contributed by atoms with Crippen LogP contribution >= 0.6 is 0 Å². The number of nitrogens with one attached hydrogen (secondary N) is 1. The maximum atomic E-state index is 11.6. The molecule has 0 bridgehead atoms. The molecule has 0 fully saturated rings. The van der Waals surface area contributed by atoms with Crippen molar-refractivity contribution in [2.75, 3.05) is 19.5 Å². The van der Waals surface area contributed by atoms with Crippen LogP contribution in [0.5, 0.6) is 5.75 Å². The molecule has 140 valence electrons. The van der Waals surface area contributed by atoms with Crippen LogP contribution in [-0.4, -0.2) is 35.3 Å². The largest absolute Gasteiger partial charge is 0.496 e. The van der Waals surface area contributed by atoms with Crippen LogP contribution in [0.15, 0.2) is 59.4 Å². The maximum absolute atomic E-state index is 11.6. The predicted octanol–water partition coefficient (Wildman–Crippen LogP) is 3.82. The average molecular weight is 376 g/mol. The molecule has 0 saturated carbocycles. The van der Waals surface area contributed by atoms with Gasteiger partial charge in [-0.2, -0.15) is 4.98 Å². The van der Waals surface area contributed by atoms with Gasteiger partial charge in [0.1, 0.15) is 29.0 Å². The molecule has 0 radical (unpaired) electrons. The van der Waals surface area contributed by atoms with E-state index >= 15 is 0 Å². The van der Waals surface area contributed by atoms with Crippen molar-refractivity contribution < 1.29 is 18.8 Å². The number of esters is 1. The highest BCUT2D eigenvalue weighted by atomic mass is 16.5. The minimum atomic E-state index is -0.395. The summed E-state index contributed by atoms with van der Waals surface area (Å²) in [5, 5.41) is 8.02. The molecule has 8 nitrogen and oxygen atoms in total. The SMILES string of the molecule is COC(=O)c1ccc(Nc2ncnc3onc(-c4ccccc4OC)c23)cc1. The monoisotopic (exact) mass is 376 g/mol. The van der Waals surface area contributed by atoms with Gasteiger partial charge in [-0.1, -0.05) is 17.3 Å². The highest BCUT2D eigenvalue weighted by Crippen LogP contribution is 2.36. The molecule has 0 amide bonds. The van der Waals surface area contributed by atoms with E-state index in [0.717, 1.165) is 11.3 Å². The van der Waals surface area contributed by atoms with Crippen molar-refractivity contribution in [3.05, 3.63) is 60.4 Å². The maximum Gasteiger partial charge on any atom is 0.337 e. The van der Waals surface area contributed by atoms with E-state index in [0.29, 0.717) is 33.9 Å². The van der Waals surface area contributed by atoms with Crippen LogP contribution in [-0.2, 0) is 4.74 Å². The van der Waals surface area contributed by atoms with Crippen molar-refractivity contribution in [1.82, 2.24) is 15.1 Å². The van der Waals surface area contributed by atoms with E-state index in [9.17, 15) is 4.79 Å². The van der Waals surface area contributed by atoms with Crippen molar-refractivity contribution in [3.8, 4) is 17.0 Å². The van der Waals surface area contributed by atoms with E-state index in [1.54, 1.807) is 31.4 Å². The third-order valence-electron chi connectivity index (χ3n) is 4.20. The van der Waals surface area contributed by atoms with E-state index in [4.69, 9.17) is 14.0 Å². The van der Waals surface area contributed by atoms with Gasteiger partial charge >= 0.3 is 5.97 Å². The zero-order valence-electron chi connectivity index (χ0n) is 15.2. The summed E-state index contributed by atoms with van der Waals surface area (Å²) in [6, 6.07) is 14.4. The molecule has 0 aliphatic heterocycles. The predicted molar refractivity (Wildman–Crippen MR) is 103 cm³/mol. The first kappa shape index (κ1) is 17.5. The lowest BCUT2D eigenvalue weighted by molar-refractivity contribution is 0.0601. The number of anilines is 2. The molecule has 0 saturated heterocycles. The van der Waals surface area contributed by atoms with Crippen molar-refractivity contribution in [2.24, 2.45) is 0 Å². The van der Waals surface area contributed by atoms with E-state index in [1.807, 2.05) is 24.3 Å². The Kier molecular flexibility index (Phi) is 4.59. The molecule has 4 rings (SSSR count). The highest BCUT2D eigenvalue weighted by molar-refractivity contribution is 5.99. The number of carbonyl (C=O) groups excluding carboxylic acids is 1. The Bertz CT molecular complexity index is 1140. The number of benzene rings is 2. The first-order chi connectivity index (χ1) is 13.7. The number of carbonyl (C=O) groups is 1. The van der Waals surface area contributed by atoms with Crippen LogP contribution in [0.3, 0.4) is 0 Å². The molecule has 2 aromatic heterocycles. The number of nitrogens with zero attached hydrogens (tertiary/aromatic N) is 3. The summed E-state index contributed by atoms with van der Waals surface area (Å²) in [6.45, 7) is 0. The number of hydrogen-bond donors (Lipinski definition) is 1. The number of ether oxygens (including phenoxy) is 2. The fraction of sp³-hybridized carbons (Fsp3) is 0.100. The van der Waals surface area contributed by atoms with Gasteiger partial charge in [0.05, 0.1) is 19.8 Å². The summed E-state index contributed by atoms with van der Waals surface area (Å²) < 4.78 is 15.5. The smallest absolute Gasteiger partial charge is 0.337 e. The Balaban J connectivity index is 1.76. The lowest BCUT2D eigenvalue weighted by Gasteiger charge is -2.09. The Morgan fingerprint density at radius 2 is 1.82 bits per heavy atom. The minimum Gasteiger partial charge on any atom is -0.496 e. The van der Waals surface area contributed by atoms with Gasteiger partial charge in [-0.15, -0.1) is 0 Å². The zero-order chi connectivity index (χ0) is 19.5. The number of para-hydroxylation sites is 1. The Morgan fingerprint density at radius 3 is 2.57 bits per heavy atom. The van der Waals surface area contributed by atoms with Crippen LogP contribution in [0.25, 0.3) is 22.4 Å². The number of fused-ring (bicyclic) bond motifs is 1. The van der Waals surface area contributed by atoms with Gasteiger partial charge in [-0.05, 0) is 36.4 Å². The summed E-state index contributed by atoms with van der Waals surface area (Å²) in [6.07, 6.45) is 1.39. The summed E-state index contributed by atoms with van der Waals surface area (Å²) >= 11 is 0. The fourth-order valence-electron chi connectivity index (χ4n) is 2.85. The lowest BCUT2D eigenvalue weighted by atomic mass is 10.1. The molecule has 0 atom stereocenters. The molecular weight excluding hydrogens is 360 g/mol. The molecule has 0 aliphatic rings. The van der Waals surface area contributed by atoms with Gasteiger partial charge in [0.2, 0.25) is 0 Å². The molecule has 0 aliphatic carbocycles. The normalized spacial score (nSPS) is 10.6. The van der Waals surface area contributed by atoms with Gasteiger partial charge in [-0.3, -0.25) is 0 Å². The molecule has 0 unspecified atom stereocenters. The van der Waals surface area contributed by atoms with Crippen LogP contribution in [0.2, 0.25) is 0 Å². The van der Waals surface area contributed by atoms with Gasteiger partial charge < -0.3 is 19.3 Å². The van der Waals surface area contributed by atoms with Crippen LogP contribution < -0.4 is 10.1 Å². The first-order valence-electron chi connectivity index (χ1n) is 8.40. The van der Waals surface area contributed by atoms with E-state index in [2.05, 4.69) is 20.4 Å². The zero-order valence-corrected chi connectivity index (χ0v) is 15.2. The van der Waals surface area contributed by atoms with Crippen LogP contribution in [0.4, 0.5) is 11.5 Å². The van der Waals surface area contributed by atoms with Gasteiger partial charge in [0.25, 0.3) is 5.71 Å². The second-order valence-electron chi connectivity index (χ2n) is 5.83. The summed E-state index contributed by atoms with van der Waals surface area (Å²) in [7, 11) is 2.94. The number of methoxy groups -OCH3 is 2. The molecule has 8 heteroatoms. The van der Waals surface area contributed by atoms with Crippen LogP contribution in [0.1, 0.15) is 10.4 Å². The van der Waals surface area contributed by atoms with E-state index in [1.165, 1.54) is 13.4 Å². The summed E-state index contributed by atoms with van der Waals surface area (Å²) in [5.74, 6) is 0.793. The third kappa shape index (κ3) is 3.11. The van der Waals surface area contributed by atoms with Crippen molar-refractivity contribution >= 4 is 28.6 Å². The number of aromatic nitrogens is 3. The van der Waals surface area contributed by atoms with Crippen molar-refractivity contribution in [3.63, 3.8) is 0 Å². The molecule has 28 heavy (non-hydrogen) atoms. The number of hydrogen-bond acceptors (Lipinski definition) is 8. The molecule has 1 N–H and O–H groups in total. The second kappa shape index (κ2) is 7.36. The molecule has 0 spiro atoms. The number of rotatable bonds is 5. The topological polar surface area (TPSA) is 99.4 Å². The lowest BCUT2D eigenvalue weighted by Crippen LogP contribution is -2.01. The van der Waals surface area contributed by atoms with Gasteiger partial charge in [-0.25, -0.2) is 9.78 Å². The molecular formula is C20H16N4O4. The van der Waals surface area contributed by atoms with E-state index < -0.39 is 5.97 Å². The molecule has 2 heterocycles. The standard InChI is InChI=1S/C20H16N4O4/c1-26-15-6-4-3-5-14(15)17-16-18(21-11-22-19(16)28-24-17)23-13-9-7-12(8-10-13)20(25)27-2/h3-11H,1-2H3,(H,21,22,23). The quantitative estimate of drug-likeness (QED) is 0.525. The van der Waals surface area contributed by atoms with Gasteiger partial charge in [0.15, 0.2) is 0 Å². The second-order valence-corrected chi connectivity index (χ2v) is 5.83. The highest BCUT2D eigenvalue weighted by Gasteiger charge is 2.19. The van der Waals surface area contributed by atoms with Crippen molar-refractivity contribution in [1.29, 1.82) is 0 Å². The first-order valence-corrected chi connectivity index (χ1v) is 8.40. The molecule has 4 aromatic rings. The summed E-state index contributed by atoms with van der Waals surface area (Å²) in [4.78, 5) is 20.1. The fourth-order valence-corrected chi connectivity index (χ4v) is 2.85. The summed E-state index contributed by atoms with van der Waals surface area (Å²) in [5.41, 5.74) is 2.88. The van der Waals surface area contributed by atoms with E-state index in [-0.39, 0.29) is 0 Å². The van der Waals surface area contributed by atoms with Crippen molar-refractivity contribution in [2.45, 2.75) is 0 Å². The average Bonchev–Trinajstić information content (AvgIpc) is 3.18. The molecule has 2 aromatic carbocycles. The Morgan fingerprint density at radius 1 is 1.04 bits per heavy atom. The Hall–Kier alpha value is -3.94. The van der Waals surface area contributed by atoms with Gasteiger partial charge in [0, 0.05) is 11.3 Å². The minimum absolute atomic E-state index is 0.351. The van der Waals surface area contributed by atoms with Crippen LogP contribution in [0, 0.1) is 0 Å². The Labute approximate surface area is 160 Å².